The summed E-state index contributed by atoms with van der Waals surface area (Å²) in [5.74, 6) is 1.20. The fourth-order valence-corrected chi connectivity index (χ4v) is 2.28. The minimum atomic E-state index is 0.494. The van der Waals surface area contributed by atoms with Gasteiger partial charge in [0.1, 0.15) is 11.6 Å². The Morgan fingerprint density at radius 3 is 2.80 bits per heavy atom. The molecule has 2 aromatic rings. The molecule has 0 spiro atoms. The third-order valence-corrected chi connectivity index (χ3v) is 3.28. The molecule has 2 N–H and O–H groups in total. The lowest BCUT2D eigenvalue weighted by molar-refractivity contribution is 0.297. The van der Waals surface area contributed by atoms with Crippen LogP contribution in [0.1, 0.15) is 19.7 Å². The number of halogens is 1. The van der Waals surface area contributed by atoms with Gasteiger partial charge in [-0.3, -0.25) is 4.90 Å². The highest BCUT2D eigenvalue weighted by Crippen LogP contribution is 2.22. The maximum Gasteiger partial charge on any atom is 0.145 e. The van der Waals surface area contributed by atoms with E-state index in [1.54, 1.807) is 6.07 Å². The van der Waals surface area contributed by atoms with Crippen LogP contribution in [0.15, 0.2) is 30.4 Å². The summed E-state index contributed by atoms with van der Waals surface area (Å²) in [6, 6.07) is 5.46. The van der Waals surface area contributed by atoms with Gasteiger partial charge in [0.2, 0.25) is 0 Å². The maximum absolute atomic E-state index is 6.00. The van der Waals surface area contributed by atoms with Crippen molar-refractivity contribution in [2.24, 2.45) is 0 Å². The van der Waals surface area contributed by atoms with E-state index in [-0.39, 0.29) is 0 Å². The van der Waals surface area contributed by atoms with Gasteiger partial charge in [0.15, 0.2) is 0 Å². The molecule has 4 nitrogen and oxygen atoms in total. The lowest BCUT2D eigenvalue weighted by Crippen LogP contribution is -2.25. The summed E-state index contributed by atoms with van der Waals surface area (Å²) in [5.41, 5.74) is 7.89. The van der Waals surface area contributed by atoms with Crippen LogP contribution in [-0.4, -0.2) is 28.0 Å². The van der Waals surface area contributed by atoms with Crippen LogP contribution in [0.3, 0.4) is 0 Å². The summed E-state index contributed by atoms with van der Waals surface area (Å²) in [5, 5.41) is 1.48. The van der Waals surface area contributed by atoms with Crippen molar-refractivity contribution in [2.45, 2.75) is 20.4 Å². The molecule has 0 radical (unpaired) electrons. The molecule has 0 aliphatic carbocycles. The Hall–Kier alpha value is -1.65. The van der Waals surface area contributed by atoms with Crippen LogP contribution in [0.5, 0.6) is 0 Å². The van der Waals surface area contributed by atoms with Crippen molar-refractivity contribution >= 4 is 28.3 Å². The van der Waals surface area contributed by atoms with Gasteiger partial charge in [-0.1, -0.05) is 30.7 Å². The van der Waals surface area contributed by atoms with Crippen LogP contribution in [0, 0.1) is 0 Å². The molecular formula is C15H19ClN4. The number of nitrogens with two attached hydrogens (primary N) is 1. The SMILES string of the molecule is C=C(C)CN(CC)Cc1nc(N)c2ccc(Cl)cc2n1. The van der Waals surface area contributed by atoms with Crippen LogP contribution in [0.2, 0.25) is 5.02 Å². The molecule has 0 aliphatic heterocycles. The standard InChI is InChI=1S/C15H19ClN4/c1-4-20(8-10(2)3)9-14-18-13-7-11(16)5-6-12(13)15(17)19-14/h5-7H,2,4,8-9H2,1,3H3,(H2,17,18,19). The minimum absolute atomic E-state index is 0.494. The van der Waals surface area contributed by atoms with E-state index >= 15 is 0 Å². The molecule has 0 unspecified atom stereocenters. The Morgan fingerprint density at radius 1 is 1.40 bits per heavy atom. The van der Waals surface area contributed by atoms with E-state index < -0.39 is 0 Å². The summed E-state index contributed by atoms with van der Waals surface area (Å²) < 4.78 is 0. The lowest BCUT2D eigenvalue weighted by Gasteiger charge is -2.19. The third-order valence-electron chi connectivity index (χ3n) is 3.04. The van der Waals surface area contributed by atoms with E-state index in [1.165, 1.54) is 0 Å². The van der Waals surface area contributed by atoms with Crippen molar-refractivity contribution in [3.63, 3.8) is 0 Å². The van der Waals surface area contributed by atoms with Crippen LogP contribution in [0.4, 0.5) is 5.82 Å². The first-order valence-electron chi connectivity index (χ1n) is 6.58. The summed E-state index contributed by atoms with van der Waals surface area (Å²) in [7, 11) is 0. The second kappa shape index (κ2) is 6.20. The van der Waals surface area contributed by atoms with Crippen molar-refractivity contribution < 1.29 is 0 Å². The molecule has 1 aromatic heterocycles. The highest BCUT2D eigenvalue weighted by Gasteiger charge is 2.10. The van der Waals surface area contributed by atoms with Gasteiger partial charge < -0.3 is 5.73 Å². The fraction of sp³-hybridized carbons (Fsp3) is 0.333. The Bertz CT molecular complexity index is 639. The number of hydrogen-bond acceptors (Lipinski definition) is 4. The molecule has 0 amide bonds. The summed E-state index contributed by atoms with van der Waals surface area (Å²) in [4.78, 5) is 11.1. The zero-order valence-electron chi connectivity index (χ0n) is 11.9. The Morgan fingerprint density at radius 2 is 2.15 bits per heavy atom. The third kappa shape index (κ3) is 3.46. The number of fused-ring (bicyclic) bond motifs is 1. The zero-order chi connectivity index (χ0) is 14.7. The second-order valence-electron chi connectivity index (χ2n) is 4.95. The molecule has 0 atom stereocenters. The molecule has 0 fully saturated rings. The average Bonchev–Trinajstić information content (AvgIpc) is 2.36. The predicted octanol–water partition coefficient (Wildman–Crippen LogP) is 3.26. The largest absolute Gasteiger partial charge is 0.383 e. The predicted molar refractivity (Wildman–Crippen MR) is 84.7 cm³/mol. The number of aromatic nitrogens is 2. The van der Waals surface area contributed by atoms with Crippen molar-refractivity contribution in [1.29, 1.82) is 0 Å². The Kier molecular flexibility index (Phi) is 4.57. The Balaban J connectivity index is 2.32. The lowest BCUT2D eigenvalue weighted by atomic mass is 10.2. The molecule has 0 bridgehead atoms. The van der Waals surface area contributed by atoms with Crippen molar-refractivity contribution in [1.82, 2.24) is 14.9 Å². The van der Waals surface area contributed by atoms with Crippen molar-refractivity contribution in [3.8, 4) is 0 Å². The smallest absolute Gasteiger partial charge is 0.145 e. The number of anilines is 1. The number of hydrogen-bond donors (Lipinski definition) is 1. The number of benzene rings is 1. The molecule has 1 aromatic carbocycles. The van der Waals surface area contributed by atoms with E-state index in [9.17, 15) is 0 Å². The van der Waals surface area contributed by atoms with Gasteiger partial charge in [0.25, 0.3) is 0 Å². The topological polar surface area (TPSA) is 55.0 Å². The molecule has 2 rings (SSSR count). The maximum atomic E-state index is 6.00. The van der Waals surface area contributed by atoms with Gasteiger partial charge >= 0.3 is 0 Å². The van der Waals surface area contributed by atoms with Gasteiger partial charge in [-0.2, -0.15) is 0 Å². The molecule has 5 heteroatoms. The summed E-state index contributed by atoms with van der Waals surface area (Å²) in [6.45, 7) is 10.4. The molecule has 1 heterocycles. The average molecular weight is 291 g/mol. The highest BCUT2D eigenvalue weighted by atomic mass is 35.5. The normalized spacial score (nSPS) is 11.2. The van der Waals surface area contributed by atoms with Crippen molar-refractivity contribution in [3.05, 3.63) is 41.2 Å². The van der Waals surface area contributed by atoms with Gasteiger partial charge in [0.05, 0.1) is 12.1 Å². The van der Waals surface area contributed by atoms with E-state index in [0.29, 0.717) is 23.2 Å². The second-order valence-corrected chi connectivity index (χ2v) is 5.38. The monoisotopic (exact) mass is 290 g/mol. The molecule has 20 heavy (non-hydrogen) atoms. The Labute approximate surface area is 124 Å². The molecule has 106 valence electrons. The number of rotatable bonds is 5. The summed E-state index contributed by atoms with van der Waals surface area (Å²) in [6.07, 6.45) is 0. The van der Waals surface area contributed by atoms with E-state index in [0.717, 1.165) is 29.6 Å². The van der Waals surface area contributed by atoms with Crippen LogP contribution in [0.25, 0.3) is 10.9 Å². The quantitative estimate of drug-likeness (QED) is 0.859. The van der Waals surface area contributed by atoms with E-state index in [2.05, 4.69) is 28.4 Å². The molecule has 0 saturated carbocycles. The van der Waals surface area contributed by atoms with Gasteiger partial charge in [-0.05, 0) is 31.7 Å². The minimum Gasteiger partial charge on any atom is -0.383 e. The first kappa shape index (κ1) is 14.8. The van der Waals surface area contributed by atoms with Gasteiger partial charge in [-0.15, -0.1) is 0 Å². The molecule has 0 aliphatic rings. The number of nitrogen functional groups attached to an aromatic ring is 1. The fourth-order valence-electron chi connectivity index (χ4n) is 2.11. The van der Waals surface area contributed by atoms with Gasteiger partial charge in [0, 0.05) is 17.0 Å². The van der Waals surface area contributed by atoms with Gasteiger partial charge in [-0.25, -0.2) is 9.97 Å². The van der Waals surface area contributed by atoms with Crippen LogP contribution < -0.4 is 5.73 Å². The first-order chi connectivity index (χ1) is 9.49. The van der Waals surface area contributed by atoms with Crippen molar-refractivity contribution in [2.75, 3.05) is 18.8 Å². The molecule has 0 saturated heterocycles. The van der Waals surface area contributed by atoms with Crippen LogP contribution in [-0.2, 0) is 6.54 Å². The molecular weight excluding hydrogens is 272 g/mol. The number of nitrogens with zero attached hydrogens (tertiary/aromatic N) is 3. The van der Waals surface area contributed by atoms with E-state index in [4.69, 9.17) is 17.3 Å². The zero-order valence-corrected chi connectivity index (χ0v) is 12.6. The van der Waals surface area contributed by atoms with E-state index in [1.807, 2.05) is 19.1 Å². The number of likely N-dealkylation sites (N-methyl/N-ethyl adjacent to an activating group) is 1. The van der Waals surface area contributed by atoms with Crippen LogP contribution >= 0.6 is 11.6 Å². The highest BCUT2D eigenvalue weighted by molar-refractivity contribution is 6.31. The first-order valence-corrected chi connectivity index (χ1v) is 6.95. The summed E-state index contributed by atoms with van der Waals surface area (Å²) >= 11 is 6.00.